The maximum atomic E-state index is 12.6. The van der Waals surface area contributed by atoms with Crippen molar-refractivity contribution in [2.45, 2.75) is 13.5 Å². The van der Waals surface area contributed by atoms with Crippen LogP contribution in [0.25, 0.3) is 6.08 Å². The van der Waals surface area contributed by atoms with Crippen LogP contribution in [0.5, 0.6) is 11.5 Å². The van der Waals surface area contributed by atoms with Gasteiger partial charge in [0.2, 0.25) is 11.8 Å². The SMILES string of the molecule is COc1ccc(/C=C2\N=C(c3ccc(NC(C)=O)cc3)OC2=O)cc1OC(F)F. The lowest BCUT2D eigenvalue weighted by Gasteiger charge is -2.10. The summed E-state index contributed by atoms with van der Waals surface area (Å²) in [6.45, 7) is -1.63. The highest BCUT2D eigenvalue weighted by Crippen LogP contribution is 2.31. The van der Waals surface area contributed by atoms with Gasteiger partial charge in [0.15, 0.2) is 17.2 Å². The van der Waals surface area contributed by atoms with E-state index in [1.54, 1.807) is 30.3 Å². The second-order valence-corrected chi connectivity index (χ2v) is 5.88. The van der Waals surface area contributed by atoms with E-state index in [4.69, 9.17) is 9.47 Å². The van der Waals surface area contributed by atoms with Gasteiger partial charge in [-0.3, -0.25) is 4.79 Å². The Labute approximate surface area is 164 Å². The second kappa shape index (κ2) is 8.51. The molecule has 1 aliphatic rings. The van der Waals surface area contributed by atoms with Crippen LogP contribution in [0.4, 0.5) is 14.5 Å². The van der Waals surface area contributed by atoms with E-state index in [0.717, 1.165) is 0 Å². The van der Waals surface area contributed by atoms with Gasteiger partial charge < -0.3 is 19.5 Å². The Morgan fingerprint density at radius 3 is 2.52 bits per heavy atom. The highest BCUT2D eigenvalue weighted by molar-refractivity contribution is 6.13. The lowest BCUT2D eigenvalue weighted by Crippen LogP contribution is -2.07. The van der Waals surface area contributed by atoms with E-state index in [1.807, 2.05) is 0 Å². The molecule has 0 fully saturated rings. The Hall–Kier alpha value is -3.75. The number of alkyl halides is 2. The third-order valence-electron chi connectivity index (χ3n) is 3.78. The number of carbonyl (C=O) groups excluding carboxylic acids is 2. The summed E-state index contributed by atoms with van der Waals surface area (Å²) in [5.74, 6) is -0.834. The first-order valence-electron chi connectivity index (χ1n) is 8.39. The van der Waals surface area contributed by atoms with Crippen LogP contribution in [0.1, 0.15) is 18.1 Å². The summed E-state index contributed by atoms with van der Waals surface area (Å²) in [5, 5.41) is 2.63. The van der Waals surface area contributed by atoms with Gasteiger partial charge in [0.05, 0.1) is 7.11 Å². The lowest BCUT2D eigenvalue weighted by atomic mass is 10.1. The lowest BCUT2D eigenvalue weighted by molar-refractivity contribution is -0.130. The number of amides is 1. The van der Waals surface area contributed by atoms with E-state index >= 15 is 0 Å². The van der Waals surface area contributed by atoms with Crippen LogP contribution in [0, 0.1) is 0 Å². The molecular weight excluding hydrogens is 386 g/mol. The van der Waals surface area contributed by atoms with E-state index in [9.17, 15) is 18.4 Å². The number of rotatable bonds is 6. The molecule has 150 valence electrons. The molecule has 0 aromatic heterocycles. The number of cyclic esters (lactones) is 1. The van der Waals surface area contributed by atoms with E-state index in [0.29, 0.717) is 16.8 Å². The van der Waals surface area contributed by atoms with Crippen molar-refractivity contribution >= 4 is 29.5 Å². The highest BCUT2D eigenvalue weighted by atomic mass is 19.3. The van der Waals surface area contributed by atoms with Gasteiger partial charge in [0.25, 0.3) is 0 Å². The van der Waals surface area contributed by atoms with Crippen molar-refractivity contribution in [1.29, 1.82) is 0 Å². The number of halogens is 2. The van der Waals surface area contributed by atoms with E-state index < -0.39 is 12.6 Å². The Morgan fingerprint density at radius 2 is 1.90 bits per heavy atom. The largest absolute Gasteiger partial charge is 0.493 e. The third-order valence-corrected chi connectivity index (χ3v) is 3.78. The second-order valence-electron chi connectivity index (χ2n) is 5.88. The Balaban J connectivity index is 1.85. The molecule has 2 aromatic carbocycles. The zero-order valence-corrected chi connectivity index (χ0v) is 15.4. The molecule has 1 heterocycles. The van der Waals surface area contributed by atoms with Crippen LogP contribution < -0.4 is 14.8 Å². The molecule has 0 atom stereocenters. The topological polar surface area (TPSA) is 86.2 Å². The zero-order chi connectivity index (χ0) is 21.0. The summed E-state index contributed by atoms with van der Waals surface area (Å²) in [4.78, 5) is 27.3. The first-order chi connectivity index (χ1) is 13.9. The van der Waals surface area contributed by atoms with Crippen LogP contribution in [0.3, 0.4) is 0 Å². The number of carbonyl (C=O) groups is 2. The summed E-state index contributed by atoms with van der Waals surface area (Å²) in [7, 11) is 1.33. The van der Waals surface area contributed by atoms with Crippen LogP contribution in [-0.4, -0.2) is 31.5 Å². The molecule has 0 spiro atoms. The molecule has 1 N–H and O–H groups in total. The molecule has 0 saturated heterocycles. The fourth-order valence-electron chi connectivity index (χ4n) is 2.56. The summed E-state index contributed by atoms with van der Waals surface area (Å²) in [5.41, 5.74) is 1.53. The highest BCUT2D eigenvalue weighted by Gasteiger charge is 2.24. The Morgan fingerprint density at radius 1 is 1.17 bits per heavy atom. The van der Waals surface area contributed by atoms with Gasteiger partial charge in [0.1, 0.15) is 0 Å². The van der Waals surface area contributed by atoms with Crippen LogP contribution in [0.2, 0.25) is 0 Å². The maximum Gasteiger partial charge on any atom is 0.387 e. The number of benzene rings is 2. The molecule has 3 rings (SSSR count). The average molecular weight is 402 g/mol. The van der Waals surface area contributed by atoms with E-state index in [-0.39, 0.29) is 29.0 Å². The standard InChI is InChI=1S/C20H16F2N2O5/c1-11(25)23-14-6-4-13(5-7-14)18-24-15(19(26)29-18)9-12-3-8-16(27-2)17(10-12)28-20(21)22/h3-10,20H,1-2H3,(H,23,25)/b15-9-. The molecule has 1 amide bonds. The van der Waals surface area contributed by atoms with Crippen LogP contribution in [-0.2, 0) is 14.3 Å². The number of aliphatic imine (C=N–C) groups is 1. The predicted octanol–water partition coefficient (Wildman–Crippen LogP) is 3.60. The summed E-state index contributed by atoms with van der Waals surface area (Å²) < 4.78 is 39.7. The van der Waals surface area contributed by atoms with Crippen LogP contribution >= 0.6 is 0 Å². The van der Waals surface area contributed by atoms with Crippen molar-refractivity contribution in [2.75, 3.05) is 12.4 Å². The van der Waals surface area contributed by atoms with Crippen molar-refractivity contribution in [3.63, 3.8) is 0 Å². The minimum Gasteiger partial charge on any atom is -0.493 e. The molecule has 0 unspecified atom stereocenters. The first-order valence-corrected chi connectivity index (χ1v) is 8.39. The molecule has 1 aliphatic heterocycles. The average Bonchev–Trinajstić information content (AvgIpc) is 3.02. The number of nitrogens with one attached hydrogen (secondary N) is 1. The number of hydrogen-bond acceptors (Lipinski definition) is 6. The minimum absolute atomic E-state index is 0.000832. The molecule has 7 nitrogen and oxygen atoms in total. The fourth-order valence-corrected chi connectivity index (χ4v) is 2.56. The van der Waals surface area contributed by atoms with Crippen molar-refractivity contribution < 1.29 is 32.6 Å². The van der Waals surface area contributed by atoms with E-state index in [1.165, 1.54) is 32.2 Å². The molecule has 0 saturated carbocycles. The quantitative estimate of drug-likeness (QED) is 0.589. The maximum absolute atomic E-state index is 12.6. The molecular formula is C20H16F2N2O5. The molecule has 9 heteroatoms. The van der Waals surface area contributed by atoms with Gasteiger partial charge in [-0.2, -0.15) is 8.78 Å². The first kappa shape index (κ1) is 20.0. The zero-order valence-electron chi connectivity index (χ0n) is 15.4. The van der Waals surface area contributed by atoms with E-state index in [2.05, 4.69) is 15.0 Å². The smallest absolute Gasteiger partial charge is 0.387 e. The minimum atomic E-state index is -3.02. The van der Waals surface area contributed by atoms with Crippen molar-refractivity contribution in [2.24, 2.45) is 4.99 Å². The van der Waals surface area contributed by atoms with Gasteiger partial charge in [-0.1, -0.05) is 6.07 Å². The van der Waals surface area contributed by atoms with Gasteiger partial charge >= 0.3 is 12.6 Å². The molecule has 29 heavy (non-hydrogen) atoms. The number of esters is 1. The summed E-state index contributed by atoms with van der Waals surface area (Å²) in [6.07, 6.45) is 1.39. The van der Waals surface area contributed by atoms with Crippen LogP contribution in [0.15, 0.2) is 53.2 Å². The fraction of sp³-hybridized carbons (Fsp3) is 0.150. The monoisotopic (exact) mass is 402 g/mol. The molecule has 2 aromatic rings. The number of methoxy groups -OCH3 is 1. The molecule has 0 bridgehead atoms. The van der Waals surface area contributed by atoms with Crippen molar-refractivity contribution in [3.05, 3.63) is 59.3 Å². The molecule has 0 aliphatic carbocycles. The number of nitrogens with zero attached hydrogens (tertiary/aromatic N) is 1. The van der Waals surface area contributed by atoms with Gasteiger partial charge in [0, 0.05) is 18.2 Å². The Kier molecular flexibility index (Phi) is 5.87. The predicted molar refractivity (Wildman–Crippen MR) is 101 cm³/mol. The summed E-state index contributed by atoms with van der Waals surface area (Å²) in [6, 6.07) is 10.9. The number of ether oxygens (including phenoxy) is 3. The summed E-state index contributed by atoms with van der Waals surface area (Å²) >= 11 is 0. The third kappa shape index (κ3) is 4.95. The number of hydrogen-bond donors (Lipinski definition) is 1. The van der Waals surface area contributed by atoms with Gasteiger partial charge in [-0.05, 0) is 48.0 Å². The molecule has 0 radical (unpaired) electrons. The van der Waals surface area contributed by atoms with Gasteiger partial charge in [-0.15, -0.1) is 0 Å². The normalized spacial score (nSPS) is 14.6. The number of anilines is 1. The van der Waals surface area contributed by atoms with Crippen molar-refractivity contribution in [3.8, 4) is 11.5 Å². The Bertz CT molecular complexity index is 1000. The van der Waals surface area contributed by atoms with Gasteiger partial charge in [-0.25, -0.2) is 9.79 Å². The van der Waals surface area contributed by atoms with Crippen molar-refractivity contribution in [1.82, 2.24) is 0 Å².